The Morgan fingerprint density at radius 2 is 1.74 bits per heavy atom. The Bertz CT molecular complexity index is 1130. The molecule has 0 fully saturated rings. The molecular formula is C23H21N3O. The molecule has 1 N–H and O–H groups in total. The van der Waals surface area contributed by atoms with Gasteiger partial charge < -0.3 is 5.32 Å². The second kappa shape index (κ2) is 7.08. The smallest absolute Gasteiger partial charge is 0.259 e. The Hall–Kier alpha value is -3.40. The van der Waals surface area contributed by atoms with Gasteiger partial charge in [-0.3, -0.25) is 4.79 Å². The van der Waals surface area contributed by atoms with Crippen molar-refractivity contribution >= 4 is 22.4 Å². The third kappa shape index (κ3) is 3.22. The second-order valence-corrected chi connectivity index (χ2v) is 6.55. The molecule has 3 aromatic carbocycles. The van der Waals surface area contributed by atoms with E-state index in [0.29, 0.717) is 5.56 Å². The fourth-order valence-electron chi connectivity index (χ4n) is 3.36. The average Bonchev–Trinajstić information content (AvgIpc) is 3.09. The average molecular weight is 355 g/mol. The molecule has 0 bridgehead atoms. The number of carbonyl (C=O) groups is 1. The molecular weight excluding hydrogens is 334 g/mol. The Labute approximate surface area is 158 Å². The van der Waals surface area contributed by atoms with E-state index in [4.69, 9.17) is 0 Å². The Morgan fingerprint density at radius 1 is 1.00 bits per heavy atom. The predicted octanol–water partition coefficient (Wildman–Crippen LogP) is 5.15. The molecule has 0 unspecified atom stereocenters. The van der Waals surface area contributed by atoms with Crippen LogP contribution in [0.15, 0.2) is 72.9 Å². The van der Waals surface area contributed by atoms with Crippen LogP contribution in [0.4, 0.5) is 5.69 Å². The lowest BCUT2D eigenvalue weighted by molar-refractivity contribution is 0.102. The van der Waals surface area contributed by atoms with E-state index in [9.17, 15) is 4.79 Å². The summed E-state index contributed by atoms with van der Waals surface area (Å²) in [5.74, 6) is -0.150. The summed E-state index contributed by atoms with van der Waals surface area (Å²) in [6.07, 6.45) is 2.55. The van der Waals surface area contributed by atoms with Crippen LogP contribution in [0.5, 0.6) is 0 Å². The van der Waals surface area contributed by atoms with Crippen molar-refractivity contribution in [2.24, 2.45) is 0 Å². The number of nitrogens with zero attached hydrogens (tertiary/aromatic N) is 2. The van der Waals surface area contributed by atoms with Crippen molar-refractivity contribution in [3.05, 3.63) is 89.7 Å². The highest BCUT2D eigenvalue weighted by atomic mass is 16.1. The summed E-state index contributed by atoms with van der Waals surface area (Å²) in [7, 11) is 0. The Balaban J connectivity index is 1.63. The van der Waals surface area contributed by atoms with Crippen LogP contribution in [0.1, 0.15) is 28.5 Å². The largest absolute Gasteiger partial charge is 0.322 e. The van der Waals surface area contributed by atoms with E-state index < -0.39 is 0 Å². The van der Waals surface area contributed by atoms with Gasteiger partial charge in [0.2, 0.25) is 0 Å². The number of rotatable bonds is 4. The monoisotopic (exact) mass is 355 g/mol. The molecule has 4 nitrogen and oxygen atoms in total. The van der Waals surface area contributed by atoms with E-state index in [1.807, 2.05) is 66.2 Å². The number of para-hydroxylation sites is 1. The lowest BCUT2D eigenvalue weighted by Gasteiger charge is -2.10. The van der Waals surface area contributed by atoms with Gasteiger partial charge in [-0.05, 0) is 47.9 Å². The molecule has 27 heavy (non-hydrogen) atoms. The lowest BCUT2D eigenvalue weighted by Crippen LogP contribution is -2.13. The highest BCUT2D eigenvalue weighted by Crippen LogP contribution is 2.22. The minimum absolute atomic E-state index is 0.150. The van der Waals surface area contributed by atoms with E-state index >= 15 is 0 Å². The maximum atomic E-state index is 12.8. The molecule has 4 heteroatoms. The number of hydrogen-bond donors (Lipinski definition) is 1. The number of nitrogens with one attached hydrogen (secondary N) is 1. The Kier molecular flexibility index (Phi) is 4.47. The summed E-state index contributed by atoms with van der Waals surface area (Å²) >= 11 is 0. The first-order valence-electron chi connectivity index (χ1n) is 9.10. The van der Waals surface area contributed by atoms with Crippen LogP contribution >= 0.6 is 0 Å². The van der Waals surface area contributed by atoms with Crippen LogP contribution in [-0.2, 0) is 6.42 Å². The molecule has 0 saturated carbocycles. The van der Waals surface area contributed by atoms with Crippen molar-refractivity contribution in [1.29, 1.82) is 0 Å². The summed E-state index contributed by atoms with van der Waals surface area (Å²) in [6.45, 7) is 4.04. The minimum Gasteiger partial charge on any atom is -0.322 e. The summed E-state index contributed by atoms with van der Waals surface area (Å²) in [6, 6.07) is 22.1. The van der Waals surface area contributed by atoms with Crippen molar-refractivity contribution in [1.82, 2.24) is 9.78 Å². The molecule has 4 aromatic rings. The van der Waals surface area contributed by atoms with E-state index in [1.165, 1.54) is 5.56 Å². The summed E-state index contributed by atoms with van der Waals surface area (Å²) in [5, 5.41) is 9.70. The molecule has 1 heterocycles. The van der Waals surface area contributed by atoms with Crippen molar-refractivity contribution in [3.8, 4) is 5.69 Å². The minimum atomic E-state index is -0.150. The van der Waals surface area contributed by atoms with Gasteiger partial charge in [0.15, 0.2) is 0 Å². The zero-order valence-corrected chi connectivity index (χ0v) is 15.4. The zero-order valence-electron chi connectivity index (χ0n) is 15.4. The number of hydrogen-bond acceptors (Lipinski definition) is 2. The van der Waals surface area contributed by atoms with Gasteiger partial charge in [0.25, 0.3) is 5.91 Å². The van der Waals surface area contributed by atoms with Gasteiger partial charge in [-0.15, -0.1) is 0 Å². The van der Waals surface area contributed by atoms with Crippen molar-refractivity contribution in [2.75, 3.05) is 5.32 Å². The third-order valence-corrected chi connectivity index (χ3v) is 4.86. The first-order chi connectivity index (χ1) is 13.2. The molecule has 4 rings (SSSR count). The highest BCUT2D eigenvalue weighted by Gasteiger charge is 2.16. The van der Waals surface area contributed by atoms with Gasteiger partial charge >= 0.3 is 0 Å². The van der Waals surface area contributed by atoms with Crippen molar-refractivity contribution in [3.63, 3.8) is 0 Å². The number of benzene rings is 3. The molecule has 0 radical (unpaired) electrons. The summed E-state index contributed by atoms with van der Waals surface area (Å²) in [5.41, 5.74) is 4.40. The lowest BCUT2D eigenvalue weighted by atomic mass is 10.1. The van der Waals surface area contributed by atoms with Crippen LogP contribution in [0, 0.1) is 6.92 Å². The maximum absolute atomic E-state index is 12.8. The quantitative estimate of drug-likeness (QED) is 0.550. The second-order valence-electron chi connectivity index (χ2n) is 6.55. The Morgan fingerprint density at radius 3 is 2.56 bits per heavy atom. The molecule has 0 aliphatic carbocycles. The molecule has 0 saturated heterocycles. The summed E-state index contributed by atoms with van der Waals surface area (Å²) < 4.78 is 1.84. The zero-order chi connectivity index (χ0) is 18.8. The standard InChI is InChI=1S/C23H21N3O/c1-3-17-8-6-7-11-22(17)26-16(2)21(15-24-26)23(27)25-20-13-12-18-9-4-5-10-19(18)14-20/h4-15H,3H2,1-2H3,(H,25,27). The first kappa shape index (κ1) is 17.0. The van der Waals surface area contributed by atoms with Crippen LogP contribution in [0.25, 0.3) is 16.5 Å². The van der Waals surface area contributed by atoms with Gasteiger partial charge in [0.1, 0.15) is 0 Å². The fourth-order valence-corrected chi connectivity index (χ4v) is 3.36. The molecule has 0 atom stereocenters. The molecule has 0 aliphatic rings. The number of carbonyl (C=O) groups excluding carboxylic acids is 1. The number of anilines is 1. The topological polar surface area (TPSA) is 46.9 Å². The summed E-state index contributed by atoms with van der Waals surface area (Å²) in [4.78, 5) is 12.8. The predicted molar refractivity (Wildman–Crippen MR) is 110 cm³/mol. The van der Waals surface area contributed by atoms with Crippen molar-refractivity contribution in [2.45, 2.75) is 20.3 Å². The number of aromatic nitrogens is 2. The first-order valence-corrected chi connectivity index (χ1v) is 9.10. The van der Waals surface area contributed by atoms with E-state index in [-0.39, 0.29) is 5.91 Å². The molecule has 1 amide bonds. The number of fused-ring (bicyclic) bond motifs is 1. The molecule has 0 spiro atoms. The van der Waals surface area contributed by atoms with Gasteiger partial charge in [-0.2, -0.15) is 5.10 Å². The van der Waals surface area contributed by atoms with Gasteiger partial charge in [0, 0.05) is 5.69 Å². The molecule has 134 valence electrons. The highest BCUT2D eigenvalue weighted by molar-refractivity contribution is 6.05. The van der Waals surface area contributed by atoms with Crippen LogP contribution in [0.3, 0.4) is 0 Å². The van der Waals surface area contributed by atoms with Crippen LogP contribution in [-0.4, -0.2) is 15.7 Å². The third-order valence-electron chi connectivity index (χ3n) is 4.86. The van der Waals surface area contributed by atoms with Gasteiger partial charge in [-0.1, -0.05) is 55.5 Å². The fraction of sp³-hybridized carbons (Fsp3) is 0.130. The van der Waals surface area contributed by atoms with Crippen LogP contribution < -0.4 is 5.32 Å². The number of aryl methyl sites for hydroxylation is 1. The van der Waals surface area contributed by atoms with E-state index in [2.05, 4.69) is 29.5 Å². The maximum Gasteiger partial charge on any atom is 0.259 e. The van der Waals surface area contributed by atoms with Crippen LogP contribution in [0.2, 0.25) is 0 Å². The SMILES string of the molecule is CCc1ccccc1-n1ncc(C(=O)Nc2ccc3ccccc3c2)c1C. The van der Waals surface area contributed by atoms with Gasteiger partial charge in [0.05, 0.1) is 23.1 Å². The van der Waals surface area contributed by atoms with E-state index in [0.717, 1.165) is 34.3 Å². The normalized spacial score (nSPS) is 10.9. The molecule has 1 aromatic heterocycles. The van der Waals surface area contributed by atoms with Gasteiger partial charge in [-0.25, -0.2) is 4.68 Å². The van der Waals surface area contributed by atoms with E-state index in [1.54, 1.807) is 6.20 Å². The molecule has 0 aliphatic heterocycles. The van der Waals surface area contributed by atoms with Crippen molar-refractivity contribution < 1.29 is 4.79 Å². The number of amides is 1.